The molecule has 3 heteroatoms. The van der Waals surface area contributed by atoms with Crippen LogP contribution in [0.1, 0.15) is 112 Å². The molecule has 9 atom stereocenters. The van der Waals surface area contributed by atoms with Gasteiger partial charge in [-0.15, -0.1) is 0 Å². The summed E-state index contributed by atoms with van der Waals surface area (Å²) in [5.41, 5.74) is 0.611. The van der Waals surface area contributed by atoms with Crippen molar-refractivity contribution in [1.29, 1.82) is 0 Å². The first-order chi connectivity index (χ1) is 15.1. The lowest BCUT2D eigenvalue weighted by molar-refractivity contribution is -0.170. The normalized spacial score (nSPS) is 44.5. The van der Waals surface area contributed by atoms with E-state index >= 15 is 0 Å². The molecule has 0 aromatic rings. The Kier molecular flexibility index (Phi) is 6.87. The molecular formula is C29H48O3. The van der Waals surface area contributed by atoms with Crippen LogP contribution in [0, 0.1) is 52.3 Å². The van der Waals surface area contributed by atoms with E-state index in [2.05, 4.69) is 34.6 Å². The molecule has 0 aliphatic heterocycles. The summed E-state index contributed by atoms with van der Waals surface area (Å²) in [6, 6.07) is 0. The fraction of sp³-hybridized carbons (Fsp3) is 0.931. The average Bonchev–Trinajstić information content (AvgIpc) is 3.05. The maximum Gasteiger partial charge on any atom is 0.303 e. The van der Waals surface area contributed by atoms with E-state index < -0.39 is 6.10 Å². The summed E-state index contributed by atoms with van der Waals surface area (Å²) in [6.07, 6.45) is 13.0. The molecule has 3 nitrogen and oxygen atoms in total. The van der Waals surface area contributed by atoms with Crippen LogP contribution in [0.15, 0.2) is 0 Å². The first-order valence-electron chi connectivity index (χ1n) is 13.8. The summed E-state index contributed by atoms with van der Waals surface area (Å²) in [4.78, 5) is 24.5. The van der Waals surface area contributed by atoms with Gasteiger partial charge in [0.1, 0.15) is 0 Å². The highest BCUT2D eigenvalue weighted by Crippen LogP contribution is 2.68. The smallest absolute Gasteiger partial charge is 0.303 e. The third-order valence-corrected chi connectivity index (χ3v) is 11.0. The second kappa shape index (κ2) is 9.06. The van der Waals surface area contributed by atoms with Crippen LogP contribution in [0.5, 0.6) is 0 Å². The van der Waals surface area contributed by atoms with E-state index in [1.165, 1.54) is 64.7 Å². The molecule has 182 valence electrons. The number of hydrogen-bond acceptors (Lipinski definition) is 3. The van der Waals surface area contributed by atoms with Gasteiger partial charge in [0.25, 0.3) is 0 Å². The Morgan fingerprint density at radius 3 is 2.41 bits per heavy atom. The SMILES string of the molecule is CC(=O)O[C@@H]1C[C@@H]2CC[C@H]3[C@@H](CC[C@@]4(C)[C@@H]([C@H](C)CCCC(C)C)CC[C@@H]34)[C@@]2(C)CC1=O. The number of carbonyl (C=O) groups excluding carboxylic acids is 2. The molecule has 0 unspecified atom stereocenters. The van der Waals surface area contributed by atoms with Gasteiger partial charge in [0, 0.05) is 13.3 Å². The molecule has 0 spiro atoms. The van der Waals surface area contributed by atoms with Gasteiger partial charge in [-0.05, 0) is 97.2 Å². The number of rotatable bonds is 6. The number of esters is 1. The van der Waals surface area contributed by atoms with E-state index in [0.29, 0.717) is 23.7 Å². The number of ether oxygens (including phenoxy) is 1. The van der Waals surface area contributed by atoms with Gasteiger partial charge < -0.3 is 4.74 Å². The van der Waals surface area contributed by atoms with E-state index in [-0.39, 0.29) is 17.2 Å². The Labute approximate surface area is 196 Å². The molecule has 0 aromatic carbocycles. The van der Waals surface area contributed by atoms with Crippen molar-refractivity contribution in [1.82, 2.24) is 0 Å². The van der Waals surface area contributed by atoms with Crippen LogP contribution in [0.3, 0.4) is 0 Å². The molecule has 32 heavy (non-hydrogen) atoms. The maximum absolute atomic E-state index is 13.0. The highest BCUT2D eigenvalue weighted by atomic mass is 16.5. The van der Waals surface area contributed by atoms with Gasteiger partial charge in [0.15, 0.2) is 11.9 Å². The molecule has 4 rings (SSSR count). The van der Waals surface area contributed by atoms with Crippen LogP contribution in [-0.4, -0.2) is 17.9 Å². The molecule has 4 saturated carbocycles. The number of Topliss-reactive ketones (excluding diaryl/α,β-unsaturated/α-hetero) is 1. The Hall–Kier alpha value is -0.860. The first kappa shape index (κ1) is 24.3. The summed E-state index contributed by atoms with van der Waals surface area (Å²) < 4.78 is 5.42. The van der Waals surface area contributed by atoms with E-state index in [1.54, 1.807) is 0 Å². The Balaban J connectivity index is 1.46. The van der Waals surface area contributed by atoms with Gasteiger partial charge in [-0.2, -0.15) is 0 Å². The molecule has 0 amide bonds. The van der Waals surface area contributed by atoms with Gasteiger partial charge in [0.2, 0.25) is 0 Å². The van der Waals surface area contributed by atoms with Crippen LogP contribution in [-0.2, 0) is 14.3 Å². The number of ketones is 1. The summed E-state index contributed by atoms with van der Waals surface area (Å²) >= 11 is 0. The molecule has 0 bridgehead atoms. The van der Waals surface area contributed by atoms with Crippen molar-refractivity contribution in [2.75, 3.05) is 0 Å². The van der Waals surface area contributed by atoms with Crippen molar-refractivity contribution >= 4 is 11.8 Å². The Morgan fingerprint density at radius 2 is 1.72 bits per heavy atom. The van der Waals surface area contributed by atoms with Crippen molar-refractivity contribution in [3.63, 3.8) is 0 Å². The van der Waals surface area contributed by atoms with Crippen LogP contribution < -0.4 is 0 Å². The maximum atomic E-state index is 13.0. The van der Waals surface area contributed by atoms with Gasteiger partial charge in [0.05, 0.1) is 0 Å². The van der Waals surface area contributed by atoms with Gasteiger partial charge in [-0.3, -0.25) is 9.59 Å². The summed E-state index contributed by atoms with van der Waals surface area (Å²) in [7, 11) is 0. The lowest BCUT2D eigenvalue weighted by atomic mass is 9.44. The monoisotopic (exact) mass is 444 g/mol. The second-order valence-electron chi connectivity index (χ2n) is 13.2. The molecule has 0 heterocycles. The zero-order chi connectivity index (χ0) is 23.3. The molecule has 0 aromatic heterocycles. The van der Waals surface area contributed by atoms with Crippen LogP contribution in [0.4, 0.5) is 0 Å². The zero-order valence-corrected chi connectivity index (χ0v) is 21.6. The van der Waals surface area contributed by atoms with Gasteiger partial charge in [-0.25, -0.2) is 0 Å². The van der Waals surface area contributed by atoms with Gasteiger partial charge >= 0.3 is 5.97 Å². The van der Waals surface area contributed by atoms with Crippen LogP contribution in [0.25, 0.3) is 0 Å². The van der Waals surface area contributed by atoms with E-state index in [4.69, 9.17) is 4.74 Å². The van der Waals surface area contributed by atoms with Crippen molar-refractivity contribution in [2.45, 2.75) is 118 Å². The Morgan fingerprint density at radius 1 is 1.00 bits per heavy atom. The summed E-state index contributed by atoms with van der Waals surface area (Å²) in [5.74, 6) is 5.25. The predicted molar refractivity (Wildman–Crippen MR) is 129 cm³/mol. The lowest BCUT2D eigenvalue weighted by Gasteiger charge is -2.61. The fourth-order valence-corrected chi connectivity index (χ4v) is 9.42. The zero-order valence-electron chi connectivity index (χ0n) is 21.6. The highest BCUT2D eigenvalue weighted by Gasteiger charge is 2.61. The minimum Gasteiger partial charge on any atom is -0.455 e. The molecule has 0 N–H and O–H groups in total. The molecule has 0 saturated heterocycles. The average molecular weight is 445 g/mol. The van der Waals surface area contributed by atoms with E-state index in [0.717, 1.165) is 36.0 Å². The minimum absolute atomic E-state index is 0.110. The first-order valence-corrected chi connectivity index (χ1v) is 13.8. The van der Waals surface area contributed by atoms with E-state index in [9.17, 15) is 9.59 Å². The third-order valence-electron chi connectivity index (χ3n) is 11.0. The minimum atomic E-state index is -0.487. The summed E-state index contributed by atoms with van der Waals surface area (Å²) in [5, 5.41) is 0. The molecule has 0 radical (unpaired) electrons. The van der Waals surface area contributed by atoms with Gasteiger partial charge in [-0.1, -0.05) is 53.9 Å². The topological polar surface area (TPSA) is 43.4 Å². The highest BCUT2D eigenvalue weighted by molar-refractivity contribution is 5.86. The van der Waals surface area contributed by atoms with Crippen molar-refractivity contribution < 1.29 is 14.3 Å². The van der Waals surface area contributed by atoms with Crippen LogP contribution >= 0.6 is 0 Å². The number of hydrogen-bond donors (Lipinski definition) is 0. The van der Waals surface area contributed by atoms with Crippen molar-refractivity contribution in [3.05, 3.63) is 0 Å². The standard InChI is InChI=1S/C29H48O3/c1-18(2)8-7-9-19(3)23-12-13-24-22-11-10-21-16-27(32-20(4)30)26(31)17-29(21,6)25(22)14-15-28(23,24)5/h18-19,21-25,27H,7-17H2,1-6H3/t19-,21+,22-,23-,24+,25-,27-,28+,29+/m1/s1. The summed E-state index contributed by atoms with van der Waals surface area (Å²) in [6.45, 7) is 13.7. The number of fused-ring (bicyclic) bond motifs is 5. The fourth-order valence-electron chi connectivity index (χ4n) is 9.42. The lowest BCUT2D eigenvalue weighted by Crippen LogP contribution is -2.56. The number of carbonyl (C=O) groups is 2. The van der Waals surface area contributed by atoms with Crippen molar-refractivity contribution in [3.8, 4) is 0 Å². The predicted octanol–water partition coefficient (Wildman–Crippen LogP) is 7.22. The molecule has 4 aliphatic rings. The molecule has 4 fully saturated rings. The largest absolute Gasteiger partial charge is 0.455 e. The van der Waals surface area contributed by atoms with Crippen LogP contribution in [0.2, 0.25) is 0 Å². The molecular weight excluding hydrogens is 396 g/mol. The van der Waals surface area contributed by atoms with E-state index in [1.807, 2.05) is 0 Å². The third kappa shape index (κ3) is 4.20. The second-order valence-corrected chi connectivity index (χ2v) is 13.2. The Bertz CT molecular complexity index is 713. The molecule has 4 aliphatic carbocycles. The van der Waals surface area contributed by atoms with Crippen molar-refractivity contribution in [2.24, 2.45) is 52.3 Å². The quantitative estimate of drug-likeness (QED) is 0.406.